The molecule has 5 heteroatoms. The van der Waals surface area contributed by atoms with E-state index in [1.165, 1.54) is 6.07 Å². The second-order valence-corrected chi connectivity index (χ2v) is 5.00. The second kappa shape index (κ2) is 5.30. The van der Waals surface area contributed by atoms with Crippen LogP contribution >= 0.6 is 11.6 Å². The molecule has 3 rings (SSSR count). The molecule has 0 aliphatic heterocycles. The molecule has 3 nitrogen and oxygen atoms in total. The van der Waals surface area contributed by atoms with E-state index in [4.69, 9.17) is 16.3 Å². The van der Waals surface area contributed by atoms with E-state index in [-0.39, 0.29) is 5.82 Å². The van der Waals surface area contributed by atoms with Crippen molar-refractivity contribution in [1.29, 1.82) is 0 Å². The Labute approximate surface area is 126 Å². The van der Waals surface area contributed by atoms with Gasteiger partial charge < -0.3 is 4.74 Å². The van der Waals surface area contributed by atoms with Crippen molar-refractivity contribution in [3.8, 4) is 17.1 Å². The first kappa shape index (κ1) is 13.8. The summed E-state index contributed by atoms with van der Waals surface area (Å²) in [6.45, 7) is 1.68. The third kappa shape index (κ3) is 2.43. The van der Waals surface area contributed by atoms with Crippen LogP contribution in [0, 0.1) is 12.7 Å². The summed E-state index contributed by atoms with van der Waals surface area (Å²) in [6, 6.07) is 10.3. The van der Waals surface area contributed by atoms with E-state index in [9.17, 15) is 4.39 Å². The Morgan fingerprint density at radius 3 is 2.71 bits per heavy atom. The molecule has 0 saturated heterocycles. The van der Waals surface area contributed by atoms with Gasteiger partial charge in [0.15, 0.2) is 5.82 Å². The van der Waals surface area contributed by atoms with Crippen molar-refractivity contribution < 1.29 is 9.13 Å². The average molecular weight is 303 g/mol. The Hall–Kier alpha value is -2.20. The Morgan fingerprint density at radius 1 is 1.14 bits per heavy atom. The maximum absolute atomic E-state index is 13.7. The second-order valence-electron chi connectivity index (χ2n) is 4.64. The van der Waals surface area contributed by atoms with Crippen LogP contribution in [0.1, 0.15) is 5.56 Å². The fraction of sp³-hybridized carbons (Fsp3) is 0.125. The maximum atomic E-state index is 13.7. The van der Waals surface area contributed by atoms with Gasteiger partial charge in [0, 0.05) is 16.5 Å². The molecule has 106 valence electrons. The molecule has 0 unspecified atom stereocenters. The summed E-state index contributed by atoms with van der Waals surface area (Å²) in [5, 5.41) is 0.947. The molecule has 1 heterocycles. The van der Waals surface area contributed by atoms with Crippen molar-refractivity contribution in [1.82, 2.24) is 9.97 Å². The highest BCUT2D eigenvalue weighted by Gasteiger charge is 2.12. The molecule has 21 heavy (non-hydrogen) atoms. The smallest absolute Gasteiger partial charge is 0.161 e. The van der Waals surface area contributed by atoms with Crippen molar-refractivity contribution in [3.05, 3.63) is 52.9 Å². The zero-order chi connectivity index (χ0) is 15.0. The maximum Gasteiger partial charge on any atom is 0.161 e. The number of hydrogen-bond donors (Lipinski definition) is 0. The van der Waals surface area contributed by atoms with Gasteiger partial charge in [-0.25, -0.2) is 14.4 Å². The number of aromatic nitrogens is 2. The Bertz CT molecular complexity index is 836. The summed E-state index contributed by atoms with van der Waals surface area (Å²) in [5.41, 5.74) is 1.75. The minimum Gasteiger partial charge on any atom is -0.497 e. The third-order valence-corrected chi connectivity index (χ3v) is 3.62. The van der Waals surface area contributed by atoms with Crippen LogP contribution < -0.4 is 4.74 Å². The highest BCUT2D eigenvalue weighted by molar-refractivity contribution is 6.34. The summed E-state index contributed by atoms with van der Waals surface area (Å²) in [5.74, 6) is 0.831. The number of hydrogen-bond acceptors (Lipinski definition) is 3. The lowest BCUT2D eigenvalue weighted by molar-refractivity contribution is 0.415. The minimum absolute atomic E-state index is 0.306. The first-order valence-corrected chi connectivity index (χ1v) is 6.74. The van der Waals surface area contributed by atoms with Crippen molar-refractivity contribution in [3.63, 3.8) is 0 Å². The molecule has 0 aliphatic carbocycles. The number of halogens is 2. The number of aryl methyl sites for hydroxylation is 1. The van der Waals surface area contributed by atoms with Gasteiger partial charge in [-0.2, -0.15) is 0 Å². The molecule has 0 amide bonds. The van der Waals surface area contributed by atoms with Gasteiger partial charge in [-0.1, -0.05) is 23.7 Å². The van der Waals surface area contributed by atoms with Crippen LogP contribution in [-0.4, -0.2) is 17.1 Å². The topological polar surface area (TPSA) is 35.0 Å². The first-order chi connectivity index (χ1) is 10.1. The fourth-order valence-electron chi connectivity index (χ4n) is 2.16. The van der Waals surface area contributed by atoms with Crippen LogP contribution in [0.15, 0.2) is 36.4 Å². The number of benzene rings is 2. The number of rotatable bonds is 2. The van der Waals surface area contributed by atoms with Gasteiger partial charge in [0.2, 0.25) is 0 Å². The summed E-state index contributed by atoms with van der Waals surface area (Å²) < 4.78 is 18.9. The molecule has 0 fully saturated rings. The minimum atomic E-state index is -0.311. The molecule has 1 aromatic heterocycles. The highest BCUT2D eigenvalue weighted by atomic mass is 35.5. The van der Waals surface area contributed by atoms with Crippen LogP contribution in [0.2, 0.25) is 5.15 Å². The first-order valence-electron chi connectivity index (χ1n) is 6.37. The third-order valence-electron chi connectivity index (χ3n) is 3.34. The van der Waals surface area contributed by atoms with Gasteiger partial charge in [0.25, 0.3) is 0 Å². The van der Waals surface area contributed by atoms with E-state index >= 15 is 0 Å². The monoisotopic (exact) mass is 302 g/mol. The van der Waals surface area contributed by atoms with E-state index in [1.807, 2.05) is 24.3 Å². The number of nitrogens with zero attached hydrogens (tertiary/aromatic N) is 2. The SMILES string of the molecule is COc1cccc(-c2nc(Cl)c3ccc(F)c(C)c3n2)c1. The number of ether oxygens (including phenoxy) is 1. The van der Waals surface area contributed by atoms with E-state index in [0.717, 1.165) is 5.56 Å². The van der Waals surface area contributed by atoms with Gasteiger partial charge in [-0.15, -0.1) is 0 Å². The molecular formula is C16H12ClFN2O. The lowest BCUT2D eigenvalue weighted by Crippen LogP contribution is -1.96. The lowest BCUT2D eigenvalue weighted by atomic mass is 10.1. The van der Waals surface area contributed by atoms with Crippen molar-refractivity contribution in [2.45, 2.75) is 6.92 Å². The van der Waals surface area contributed by atoms with Crippen LogP contribution in [0.25, 0.3) is 22.3 Å². The average Bonchev–Trinajstić information content (AvgIpc) is 2.51. The van der Waals surface area contributed by atoms with Gasteiger partial charge in [-0.05, 0) is 31.2 Å². The predicted molar refractivity (Wildman–Crippen MR) is 81.2 cm³/mol. The Balaban J connectivity index is 2.26. The lowest BCUT2D eigenvalue weighted by Gasteiger charge is -2.08. The molecule has 0 N–H and O–H groups in total. The summed E-state index contributed by atoms with van der Waals surface area (Å²) in [4.78, 5) is 8.75. The molecule has 0 saturated carbocycles. The van der Waals surface area contributed by atoms with Crippen LogP contribution in [0.3, 0.4) is 0 Å². The summed E-state index contributed by atoms with van der Waals surface area (Å²) in [6.07, 6.45) is 0. The molecule has 3 aromatic rings. The van der Waals surface area contributed by atoms with Crippen molar-refractivity contribution in [2.75, 3.05) is 7.11 Å². The van der Waals surface area contributed by atoms with Gasteiger partial charge in [-0.3, -0.25) is 0 Å². The van der Waals surface area contributed by atoms with Crippen LogP contribution in [0.5, 0.6) is 5.75 Å². The number of methoxy groups -OCH3 is 1. The molecular weight excluding hydrogens is 291 g/mol. The molecule has 0 radical (unpaired) electrons. The molecule has 0 atom stereocenters. The number of fused-ring (bicyclic) bond motifs is 1. The summed E-state index contributed by atoms with van der Waals surface area (Å²) >= 11 is 6.21. The van der Waals surface area contributed by atoms with E-state index in [2.05, 4.69) is 9.97 Å². The van der Waals surface area contributed by atoms with Crippen molar-refractivity contribution >= 4 is 22.5 Å². The fourth-order valence-corrected chi connectivity index (χ4v) is 2.39. The molecule has 2 aromatic carbocycles. The largest absolute Gasteiger partial charge is 0.497 e. The Morgan fingerprint density at radius 2 is 1.95 bits per heavy atom. The highest BCUT2D eigenvalue weighted by Crippen LogP contribution is 2.29. The standard InChI is InChI=1S/C16H12ClFN2O/c1-9-13(18)7-6-12-14(9)19-16(20-15(12)17)10-4-3-5-11(8-10)21-2/h3-8H,1-2H3. The summed E-state index contributed by atoms with van der Waals surface area (Å²) in [7, 11) is 1.59. The van der Waals surface area contributed by atoms with Crippen LogP contribution in [-0.2, 0) is 0 Å². The van der Waals surface area contributed by atoms with Gasteiger partial charge in [0.05, 0.1) is 12.6 Å². The van der Waals surface area contributed by atoms with E-state index in [1.54, 1.807) is 20.1 Å². The molecule has 0 bridgehead atoms. The zero-order valence-corrected chi connectivity index (χ0v) is 12.3. The predicted octanol–water partition coefficient (Wildman–Crippen LogP) is 4.41. The Kier molecular flexibility index (Phi) is 3.47. The van der Waals surface area contributed by atoms with E-state index in [0.29, 0.717) is 33.2 Å². The van der Waals surface area contributed by atoms with Gasteiger partial charge >= 0.3 is 0 Å². The van der Waals surface area contributed by atoms with Crippen LogP contribution in [0.4, 0.5) is 4.39 Å². The quantitative estimate of drug-likeness (QED) is 0.658. The molecule has 0 aliphatic rings. The zero-order valence-electron chi connectivity index (χ0n) is 11.5. The van der Waals surface area contributed by atoms with Gasteiger partial charge in [0.1, 0.15) is 16.7 Å². The van der Waals surface area contributed by atoms with E-state index < -0.39 is 0 Å². The van der Waals surface area contributed by atoms with Crippen molar-refractivity contribution in [2.24, 2.45) is 0 Å². The normalized spacial score (nSPS) is 10.9. The molecule has 0 spiro atoms.